The molecule has 220 valence electrons. The number of fused-ring (bicyclic) bond motifs is 3. The molecule has 0 bridgehead atoms. The van der Waals surface area contributed by atoms with E-state index < -0.39 is 0 Å². The fraction of sp³-hybridized carbons (Fsp3) is 0.211. The Labute approximate surface area is 255 Å². The van der Waals surface area contributed by atoms with Gasteiger partial charge in [-0.25, -0.2) is 0 Å². The van der Waals surface area contributed by atoms with E-state index in [1.165, 1.54) is 19.3 Å². The maximum atomic E-state index is 14.0. The number of likely N-dealkylation sites (tertiary alicyclic amines) is 1. The highest BCUT2D eigenvalue weighted by Crippen LogP contribution is 2.42. The van der Waals surface area contributed by atoms with Crippen molar-refractivity contribution in [3.63, 3.8) is 0 Å². The fourth-order valence-electron chi connectivity index (χ4n) is 6.15. The largest absolute Gasteiger partial charge is 0.492 e. The summed E-state index contributed by atoms with van der Waals surface area (Å²) >= 11 is 0. The number of aryl methyl sites for hydroxylation is 1. The first kappa shape index (κ1) is 27.9. The van der Waals surface area contributed by atoms with Gasteiger partial charge >= 0.3 is 0 Å². The van der Waals surface area contributed by atoms with Crippen molar-refractivity contribution < 1.29 is 23.2 Å². The van der Waals surface area contributed by atoms with Crippen molar-refractivity contribution in [1.29, 1.82) is 0 Å². The summed E-state index contributed by atoms with van der Waals surface area (Å²) in [6, 6.07) is 29.8. The second kappa shape index (κ2) is 12.0. The number of ketones is 2. The Morgan fingerprint density at radius 1 is 0.727 bits per heavy atom. The average Bonchev–Trinajstić information content (AvgIpc) is 3.64. The van der Waals surface area contributed by atoms with Crippen molar-refractivity contribution >= 4 is 33.5 Å². The van der Waals surface area contributed by atoms with Gasteiger partial charge in [-0.15, -0.1) is 0 Å². The van der Waals surface area contributed by atoms with Crippen LogP contribution >= 0.6 is 0 Å². The minimum atomic E-state index is -0.239. The highest BCUT2D eigenvalue weighted by Gasteiger charge is 2.28. The summed E-state index contributed by atoms with van der Waals surface area (Å²) in [5.41, 5.74) is 4.31. The molecule has 0 aliphatic carbocycles. The first-order valence-electron chi connectivity index (χ1n) is 15.2. The van der Waals surface area contributed by atoms with E-state index in [-0.39, 0.29) is 23.1 Å². The van der Waals surface area contributed by atoms with Gasteiger partial charge in [-0.2, -0.15) is 0 Å². The summed E-state index contributed by atoms with van der Waals surface area (Å²) in [5, 5.41) is 1.48. The standard InChI is InChI=1S/C38H33NO5/c1-25-30-19-20-31-33(37(30)44-36(25)34(40)27-13-7-3-8-14-27)32(26-11-5-2-6-12-26)38(43-31)35(41)28-15-17-29(18-16-28)42-24-23-39-21-9-4-10-22-39/h2-3,5-8,11-20H,4,9-10,21-24H2,1H3. The van der Waals surface area contributed by atoms with Gasteiger partial charge in [-0.3, -0.25) is 14.5 Å². The first-order valence-corrected chi connectivity index (χ1v) is 15.2. The molecular formula is C38H33NO5. The van der Waals surface area contributed by atoms with Gasteiger partial charge in [0, 0.05) is 34.2 Å². The summed E-state index contributed by atoms with van der Waals surface area (Å²) in [4.78, 5) is 29.9. The molecule has 0 N–H and O–H groups in total. The van der Waals surface area contributed by atoms with Crippen LogP contribution in [-0.4, -0.2) is 42.7 Å². The van der Waals surface area contributed by atoms with E-state index in [9.17, 15) is 9.59 Å². The molecule has 1 saturated heterocycles. The van der Waals surface area contributed by atoms with Gasteiger partial charge < -0.3 is 13.6 Å². The van der Waals surface area contributed by atoms with E-state index in [0.29, 0.717) is 39.8 Å². The molecule has 3 heterocycles. The molecule has 6 heteroatoms. The number of carbonyl (C=O) groups is 2. The zero-order chi connectivity index (χ0) is 30.0. The fourth-order valence-corrected chi connectivity index (χ4v) is 6.15. The summed E-state index contributed by atoms with van der Waals surface area (Å²) < 4.78 is 18.6. The normalized spacial score (nSPS) is 13.8. The molecular weight excluding hydrogens is 550 g/mol. The number of rotatable bonds is 9. The summed E-state index contributed by atoms with van der Waals surface area (Å²) in [6.45, 7) is 5.67. The lowest BCUT2D eigenvalue weighted by molar-refractivity contribution is 0.100. The van der Waals surface area contributed by atoms with Crippen LogP contribution in [-0.2, 0) is 0 Å². The maximum absolute atomic E-state index is 14.0. The lowest BCUT2D eigenvalue weighted by atomic mass is 9.96. The van der Waals surface area contributed by atoms with E-state index in [4.69, 9.17) is 13.6 Å². The number of furan rings is 2. The van der Waals surface area contributed by atoms with Crippen molar-refractivity contribution in [3.8, 4) is 16.9 Å². The van der Waals surface area contributed by atoms with Crippen molar-refractivity contribution in [2.24, 2.45) is 0 Å². The van der Waals surface area contributed by atoms with Gasteiger partial charge in [0.15, 0.2) is 11.5 Å². The molecule has 6 aromatic rings. The van der Waals surface area contributed by atoms with Gasteiger partial charge in [0.2, 0.25) is 11.6 Å². The second-order valence-electron chi connectivity index (χ2n) is 11.3. The summed E-state index contributed by atoms with van der Waals surface area (Å²) in [5.74, 6) is 0.809. The quantitative estimate of drug-likeness (QED) is 0.159. The molecule has 2 aromatic heterocycles. The van der Waals surface area contributed by atoms with E-state index in [1.807, 2.05) is 79.7 Å². The summed E-state index contributed by atoms with van der Waals surface area (Å²) in [7, 11) is 0. The third-order valence-corrected chi connectivity index (χ3v) is 8.51. The predicted molar refractivity (Wildman–Crippen MR) is 172 cm³/mol. The van der Waals surface area contributed by atoms with Crippen LogP contribution in [0.1, 0.15) is 57.1 Å². The predicted octanol–water partition coefficient (Wildman–Crippen LogP) is 8.48. The number of carbonyl (C=O) groups excluding carboxylic acids is 2. The highest BCUT2D eigenvalue weighted by atomic mass is 16.5. The van der Waals surface area contributed by atoms with E-state index in [0.717, 1.165) is 41.9 Å². The number of hydrogen-bond donors (Lipinski definition) is 0. The zero-order valence-electron chi connectivity index (χ0n) is 24.7. The molecule has 44 heavy (non-hydrogen) atoms. The lowest BCUT2D eigenvalue weighted by Crippen LogP contribution is -2.33. The number of nitrogens with zero attached hydrogens (tertiary/aromatic N) is 1. The van der Waals surface area contributed by atoms with E-state index >= 15 is 0 Å². The molecule has 1 fully saturated rings. The molecule has 6 nitrogen and oxygen atoms in total. The Kier molecular flexibility index (Phi) is 7.59. The Hall–Kier alpha value is -4.94. The third-order valence-electron chi connectivity index (χ3n) is 8.51. The minimum Gasteiger partial charge on any atom is -0.492 e. The smallest absolute Gasteiger partial charge is 0.228 e. The SMILES string of the molecule is Cc1c(C(=O)c2ccccc2)oc2c1ccc1oc(C(=O)c3ccc(OCCN4CCCCC4)cc3)c(-c3ccccc3)c12. The Balaban J connectivity index is 1.25. The molecule has 7 rings (SSSR count). The minimum absolute atomic E-state index is 0.188. The molecule has 0 spiro atoms. The van der Waals surface area contributed by atoms with Gasteiger partial charge in [0.05, 0.1) is 5.39 Å². The van der Waals surface area contributed by atoms with Gasteiger partial charge in [0.25, 0.3) is 0 Å². The van der Waals surface area contributed by atoms with Crippen LogP contribution in [0.15, 0.2) is 106 Å². The van der Waals surface area contributed by atoms with Crippen LogP contribution < -0.4 is 4.74 Å². The highest BCUT2D eigenvalue weighted by molar-refractivity contribution is 6.21. The van der Waals surface area contributed by atoms with Gasteiger partial charge in [-0.1, -0.05) is 67.1 Å². The Bertz CT molecular complexity index is 1950. The van der Waals surface area contributed by atoms with Crippen LogP contribution in [0.4, 0.5) is 0 Å². The van der Waals surface area contributed by atoms with Crippen molar-refractivity contribution in [3.05, 3.63) is 125 Å². The maximum Gasteiger partial charge on any atom is 0.228 e. The van der Waals surface area contributed by atoms with Crippen LogP contribution in [0.3, 0.4) is 0 Å². The molecule has 0 radical (unpaired) electrons. The third kappa shape index (κ3) is 5.22. The van der Waals surface area contributed by atoms with E-state index in [1.54, 1.807) is 24.3 Å². The molecule has 0 amide bonds. The van der Waals surface area contributed by atoms with Crippen LogP contribution in [0.25, 0.3) is 33.1 Å². The lowest BCUT2D eigenvalue weighted by Gasteiger charge is -2.26. The van der Waals surface area contributed by atoms with Crippen molar-refractivity contribution in [2.45, 2.75) is 26.2 Å². The van der Waals surface area contributed by atoms with Crippen LogP contribution in [0.2, 0.25) is 0 Å². The molecule has 4 aromatic carbocycles. The van der Waals surface area contributed by atoms with Crippen molar-refractivity contribution in [2.75, 3.05) is 26.2 Å². The Morgan fingerprint density at radius 3 is 2.11 bits per heavy atom. The Morgan fingerprint density at radius 2 is 1.39 bits per heavy atom. The van der Waals surface area contributed by atoms with E-state index in [2.05, 4.69) is 4.90 Å². The van der Waals surface area contributed by atoms with Crippen molar-refractivity contribution in [1.82, 2.24) is 4.90 Å². The number of benzene rings is 4. The first-order chi connectivity index (χ1) is 21.6. The monoisotopic (exact) mass is 583 g/mol. The number of hydrogen-bond acceptors (Lipinski definition) is 6. The average molecular weight is 584 g/mol. The number of piperidine rings is 1. The molecule has 1 aliphatic rings. The van der Waals surface area contributed by atoms with Crippen LogP contribution in [0, 0.1) is 6.92 Å². The second-order valence-corrected chi connectivity index (χ2v) is 11.3. The van der Waals surface area contributed by atoms with Crippen LogP contribution in [0.5, 0.6) is 5.75 Å². The topological polar surface area (TPSA) is 72.9 Å². The molecule has 0 saturated carbocycles. The summed E-state index contributed by atoms with van der Waals surface area (Å²) in [6.07, 6.45) is 3.81. The molecule has 0 atom stereocenters. The number of ether oxygens (including phenoxy) is 1. The molecule has 1 aliphatic heterocycles. The van der Waals surface area contributed by atoms with Gasteiger partial charge in [0.1, 0.15) is 23.5 Å². The van der Waals surface area contributed by atoms with Gasteiger partial charge in [-0.05, 0) is 74.8 Å². The molecule has 0 unspecified atom stereocenters. The zero-order valence-corrected chi connectivity index (χ0v) is 24.7.